The topological polar surface area (TPSA) is 85.8 Å². The average Bonchev–Trinajstić information content (AvgIpc) is 3.34. The molecule has 0 saturated carbocycles. The van der Waals surface area contributed by atoms with Gasteiger partial charge >= 0.3 is 0 Å². The van der Waals surface area contributed by atoms with Gasteiger partial charge in [0, 0.05) is 46.5 Å². The molecule has 31 heavy (non-hydrogen) atoms. The minimum atomic E-state index is -0.472. The van der Waals surface area contributed by atoms with Crippen molar-refractivity contribution < 1.29 is 4.79 Å². The number of primary amides is 1. The van der Waals surface area contributed by atoms with Crippen LogP contribution in [0.3, 0.4) is 0 Å². The summed E-state index contributed by atoms with van der Waals surface area (Å²) >= 11 is 0. The van der Waals surface area contributed by atoms with E-state index in [1.54, 1.807) is 6.08 Å². The molecule has 0 spiro atoms. The summed E-state index contributed by atoms with van der Waals surface area (Å²) in [7, 11) is 0. The van der Waals surface area contributed by atoms with E-state index in [1.165, 1.54) is 11.8 Å². The van der Waals surface area contributed by atoms with Gasteiger partial charge in [0.2, 0.25) is 5.91 Å². The molecule has 1 amide bonds. The Morgan fingerprint density at radius 3 is 2.97 bits per heavy atom. The molecule has 2 aliphatic heterocycles. The third kappa shape index (κ3) is 4.53. The van der Waals surface area contributed by atoms with E-state index in [0.29, 0.717) is 0 Å². The van der Waals surface area contributed by atoms with Gasteiger partial charge in [0.15, 0.2) is 0 Å². The van der Waals surface area contributed by atoms with E-state index in [2.05, 4.69) is 35.2 Å². The molecule has 0 atom stereocenters. The Morgan fingerprint density at radius 2 is 2.19 bits per heavy atom. The molecular formula is C25H29N5O. The standard InChI is InChI=1S/C25H29N5O/c1-3-4-5-9-18-12-13-19(20(28-18)14-15-23(26)31)24-22-11-7-16-30(22)29-25(24)21-10-6-8-17(2)27-21/h6,8-10,12-15,28H,3-5,7,11,16H2,1-2H3,(H2,26,31)/b15-14+,18-9-. The Morgan fingerprint density at radius 1 is 1.32 bits per heavy atom. The van der Waals surface area contributed by atoms with E-state index >= 15 is 0 Å². The Kier molecular flexibility index (Phi) is 6.16. The number of rotatable bonds is 7. The maximum absolute atomic E-state index is 11.5. The number of dihydropyridines is 1. The van der Waals surface area contributed by atoms with Crippen molar-refractivity contribution in [1.82, 2.24) is 20.1 Å². The van der Waals surface area contributed by atoms with Gasteiger partial charge in [-0.25, -0.2) is 0 Å². The molecule has 0 saturated heterocycles. The van der Waals surface area contributed by atoms with Gasteiger partial charge in [-0.1, -0.05) is 31.6 Å². The SMILES string of the molecule is CCCC/C=C1/C=CC(c2c(-c3cccc(C)n3)nn3c2CCC3)=C(/C=C/C(N)=O)N1. The van der Waals surface area contributed by atoms with Crippen molar-refractivity contribution in [2.24, 2.45) is 5.73 Å². The molecule has 6 heteroatoms. The van der Waals surface area contributed by atoms with Crippen molar-refractivity contribution in [2.75, 3.05) is 0 Å². The number of nitrogens with zero attached hydrogens (tertiary/aromatic N) is 3. The lowest BCUT2D eigenvalue weighted by Gasteiger charge is -2.19. The van der Waals surface area contributed by atoms with E-state index in [9.17, 15) is 4.79 Å². The van der Waals surface area contributed by atoms with Crippen molar-refractivity contribution in [1.29, 1.82) is 0 Å². The second-order valence-electron chi connectivity index (χ2n) is 7.98. The minimum absolute atomic E-state index is 0.472. The minimum Gasteiger partial charge on any atom is -0.366 e. The highest BCUT2D eigenvalue weighted by atomic mass is 16.1. The van der Waals surface area contributed by atoms with Crippen molar-refractivity contribution in [2.45, 2.75) is 52.5 Å². The monoisotopic (exact) mass is 415 g/mol. The van der Waals surface area contributed by atoms with Crippen molar-refractivity contribution in [3.63, 3.8) is 0 Å². The Hall–Kier alpha value is -3.41. The first-order valence-electron chi connectivity index (χ1n) is 11.0. The predicted octanol–water partition coefficient (Wildman–Crippen LogP) is 4.19. The van der Waals surface area contributed by atoms with Gasteiger partial charge in [-0.2, -0.15) is 5.10 Å². The summed E-state index contributed by atoms with van der Waals surface area (Å²) in [6, 6.07) is 6.00. The lowest BCUT2D eigenvalue weighted by molar-refractivity contribution is -0.113. The van der Waals surface area contributed by atoms with Crippen LogP contribution in [0.15, 0.2) is 60.0 Å². The van der Waals surface area contributed by atoms with Crippen LogP contribution >= 0.6 is 0 Å². The van der Waals surface area contributed by atoms with Gasteiger partial charge in [0.1, 0.15) is 5.69 Å². The van der Waals surface area contributed by atoms with Crippen LogP contribution in [0.25, 0.3) is 17.0 Å². The molecule has 0 aliphatic carbocycles. The quantitative estimate of drug-likeness (QED) is 0.525. The highest BCUT2D eigenvalue weighted by Gasteiger charge is 2.27. The average molecular weight is 416 g/mol. The molecule has 0 unspecified atom stereocenters. The second-order valence-corrected chi connectivity index (χ2v) is 7.98. The first-order chi connectivity index (χ1) is 15.1. The first-order valence-corrected chi connectivity index (χ1v) is 11.0. The number of pyridine rings is 1. The summed E-state index contributed by atoms with van der Waals surface area (Å²) in [4.78, 5) is 16.2. The van der Waals surface area contributed by atoms with Gasteiger partial charge in [0.05, 0.1) is 5.69 Å². The number of carbonyl (C=O) groups is 1. The highest BCUT2D eigenvalue weighted by molar-refractivity contribution is 5.91. The Balaban J connectivity index is 1.84. The number of allylic oxidation sites excluding steroid dienone is 5. The normalized spacial score (nSPS) is 16.9. The largest absolute Gasteiger partial charge is 0.366 e. The number of amides is 1. The van der Waals surface area contributed by atoms with Crippen LogP contribution in [0.5, 0.6) is 0 Å². The highest BCUT2D eigenvalue weighted by Crippen LogP contribution is 2.37. The van der Waals surface area contributed by atoms with E-state index in [1.807, 2.05) is 25.1 Å². The summed E-state index contributed by atoms with van der Waals surface area (Å²) in [5.74, 6) is -0.472. The third-order valence-corrected chi connectivity index (χ3v) is 5.58. The maximum atomic E-state index is 11.5. The number of nitrogens with two attached hydrogens (primary N) is 1. The van der Waals surface area contributed by atoms with Gasteiger partial charge < -0.3 is 11.1 Å². The summed E-state index contributed by atoms with van der Waals surface area (Å²) in [6.07, 6.45) is 14.9. The molecule has 6 nitrogen and oxygen atoms in total. The van der Waals surface area contributed by atoms with Crippen LogP contribution in [-0.4, -0.2) is 20.7 Å². The van der Waals surface area contributed by atoms with Gasteiger partial charge in [-0.3, -0.25) is 14.5 Å². The second kappa shape index (κ2) is 9.16. The van der Waals surface area contributed by atoms with Gasteiger partial charge in [0.25, 0.3) is 0 Å². The Bertz CT molecular complexity index is 1120. The van der Waals surface area contributed by atoms with E-state index < -0.39 is 5.91 Å². The van der Waals surface area contributed by atoms with E-state index in [-0.39, 0.29) is 0 Å². The zero-order valence-electron chi connectivity index (χ0n) is 18.2. The van der Waals surface area contributed by atoms with E-state index in [4.69, 9.17) is 15.8 Å². The molecule has 0 fully saturated rings. The zero-order valence-corrected chi connectivity index (χ0v) is 18.2. The van der Waals surface area contributed by atoms with Crippen LogP contribution in [0.1, 0.15) is 49.6 Å². The van der Waals surface area contributed by atoms with Gasteiger partial charge in [-0.15, -0.1) is 0 Å². The summed E-state index contributed by atoms with van der Waals surface area (Å²) in [5.41, 5.74) is 13.3. The lowest BCUT2D eigenvalue weighted by atomic mass is 9.95. The fourth-order valence-corrected chi connectivity index (χ4v) is 4.09. The van der Waals surface area contributed by atoms with Crippen LogP contribution in [0.2, 0.25) is 0 Å². The fourth-order valence-electron chi connectivity index (χ4n) is 4.09. The van der Waals surface area contributed by atoms with Crippen molar-refractivity contribution in [3.05, 3.63) is 76.9 Å². The molecule has 4 rings (SSSR count). The van der Waals surface area contributed by atoms with Crippen LogP contribution in [-0.2, 0) is 17.8 Å². The third-order valence-electron chi connectivity index (χ3n) is 5.58. The van der Waals surface area contributed by atoms with Crippen LogP contribution in [0.4, 0.5) is 0 Å². The summed E-state index contributed by atoms with van der Waals surface area (Å²) < 4.78 is 2.09. The number of hydrogen-bond donors (Lipinski definition) is 2. The van der Waals surface area contributed by atoms with E-state index in [0.717, 1.165) is 78.3 Å². The molecular weight excluding hydrogens is 386 g/mol. The number of unbranched alkanes of at least 4 members (excludes halogenated alkanes) is 2. The molecule has 0 aromatic carbocycles. The molecule has 0 bridgehead atoms. The predicted molar refractivity (Wildman–Crippen MR) is 124 cm³/mol. The number of carbonyl (C=O) groups excluding carboxylic acids is 1. The van der Waals surface area contributed by atoms with Gasteiger partial charge in [-0.05, 0) is 56.9 Å². The Labute approximate surface area is 183 Å². The number of aryl methyl sites for hydroxylation is 2. The molecule has 0 radical (unpaired) electrons. The van der Waals surface area contributed by atoms with Crippen LogP contribution in [0, 0.1) is 6.92 Å². The summed E-state index contributed by atoms with van der Waals surface area (Å²) in [5, 5.41) is 8.40. The molecule has 160 valence electrons. The molecule has 3 N–H and O–H groups in total. The lowest BCUT2D eigenvalue weighted by Crippen LogP contribution is -2.17. The molecule has 2 aromatic rings. The molecule has 4 heterocycles. The summed E-state index contributed by atoms with van der Waals surface area (Å²) in [6.45, 7) is 5.08. The van der Waals surface area contributed by atoms with Crippen LogP contribution < -0.4 is 11.1 Å². The smallest absolute Gasteiger partial charge is 0.241 e. The van der Waals surface area contributed by atoms with Crippen molar-refractivity contribution >= 4 is 11.5 Å². The first kappa shape index (κ1) is 20.8. The molecule has 2 aromatic heterocycles. The zero-order chi connectivity index (χ0) is 21.8. The molecule has 2 aliphatic rings. The maximum Gasteiger partial charge on any atom is 0.241 e. The fraction of sp³-hybridized carbons (Fsp3) is 0.320. The number of hydrogen-bond acceptors (Lipinski definition) is 4. The number of nitrogens with one attached hydrogen (secondary N) is 1. The van der Waals surface area contributed by atoms with Crippen molar-refractivity contribution in [3.8, 4) is 11.4 Å². The number of fused-ring (bicyclic) bond motifs is 1. The number of aromatic nitrogens is 3.